The Labute approximate surface area is 85.8 Å². The SMILES string of the molecule is CCCN(C=O)CCN1CCOCC1. The number of carbonyl (C=O) groups excluding carboxylic acids is 1. The van der Waals surface area contributed by atoms with Crippen molar-refractivity contribution >= 4 is 6.41 Å². The molecular weight excluding hydrogens is 180 g/mol. The third-order valence-electron chi connectivity index (χ3n) is 2.47. The van der Waals surface area contributed by atoms with E-state index in [1.54, 1.807) is 0 Å². The first kappa shape index (κ1) is 11.5. The molecule has 14 heavy (non-hydrogen) atoms. The van der Waals surface area contributed by atoms with Gasteiger partial charge in [-0.1, -0.05) is 6.92 Å². The van der Waals surface area contributed by atoms with E-state index in [-0.39, 0.29) is 0 Å². The van der Waals surface area contributed by atoms with Gasteiger partial charge < -0.3 is 9.64 Å². The first-order valence-electron chi connectivity index (χ1n) is 5.36. The van der Waals surface area contributed by atoms with Crippen LogP contribution in [0.15, 0.2) is 0 Å². The quantitative estimate of drug-likeness (QED) is 0.574. The van der Waals surface area contributed by atoms with Gasteiger partial charge in [0.05, 0.1) is 13.2 Å². The Balaban J connectivity index is 2.13. The molecule has 0 unspecified atom stereocenters. The van der Waals surface area contributed by atoms with Crippen molar-refractivity contribution < 1.29 is 9.53 Å². The van der Waals surface area contributed by atoms with Crippen LogP contribution in [0.3, 0.4) is 0 Å². The van der Waals surface area contributed by atoms with E-state index >= 15 is 0 Å². The van der Waals surface area contributed by atoms with Gasteiger partial charge >= 0.3 is 0 Å². The molecule has 1 saturated heterocycles. The monoisotopic (exact) mass is 200 g/mol. The molecule has 0 saturated carbocycles. The predicted octanol–water partition coefficient (Wildman–Crippen LogP) is 0.187. The highest BCUT2D eigenvalue weighted by molar-refractivity contribution is 5.46. The van der Waals surface area contributed by atoms with E-state index in [4.69, 9.17) is 4.74 Å². The number of nitrogens with zero attached hydrogens (tertiary/aromatic N) is 2. The van der Waals surface area contributed by atoms with Crippen LogP contribution in [0.25, 0.3) is 0 Å². The second-order valence-electron chi connectivity index (χ2n) is 3.60. The molecule has 4 heteroatoms. The molecule has 0 bridgehead atoms. The van der Waals surface area contributed by atoms with Crippen LogP contribution in [0.4, 0.5) is 0 Å². The molecular formula is C10H20N2O2. The number of hydrogen-bond donors (Lipinski definition) is 0. The molecule has 0 radical (unpaired) electrons. The smallest absolute Gasteiger partial charge is 0.209 e. The first-order valence-corrected chi connectivity index (χ1v) is 5.36. The Morgan fingerprint density at radius 1 is 1.36 bits per heavy atom. The van der Waals surface area contributed by atoms with Crippen LogP contribution >= 0.6 is 0 Å². The highest BCUT2D eigenvalue weighted by Gasteiger charge is 2.10. The lowest BCUT2D eigenvalue weighted by Gasteiger charge is -2.28. The molecule has 1 rings (SSSR count). The molecule has 0 aromatic rings. The zero-order chi connectivity index (χ0) is 10.2. The Morgan fingerprint density at radius 2 is 2.07 bits per heavy atom. The molecule has 1 fully saturated rings. The number of morpholine rings is 1. The summed E-state index contributed by atoms with van der Waals surface area (Å²) in [7, 11) is 0. The minimum Gasteiger partial charge on any atom is -0.379 e. The van der Waals surface area contributed by atoms with Gasteiger partial charge in [0.25, 0.3) is 0 Å². The van der Waals surface area contributed by atoms with Crippen LogP contribution in [0.5, 0.6) is 0 Å². The second kappa shape index (κ2) is 6.79. The standard InChI is InChI=1S/C10H20N2O2/c1-2-3-12(10-13)5-4-11-6-8-14-9-7-11/h10H,2-9H2,1H3. The lowest BCUT2D eigenvalue weighted by Crippen LogP contribution is -2.41. The molecule has 1 aliphatic rings. The van der Waals surface area contributed by atoms with E-state index in [2.05, 4.69) is 11.8 Å². The Bertz CT molecular complexity index is 158. The summed E-state index contributed by atoms with van der Waals surface area (Å²) in [6.45, 7) is 8.43. The molecule has 1 amide bonds. The number of ether oxygens (including phenoxy) is 1. The van der Waals surface area contributed by atoms with Crippen molar-refractivity contribution in [1.82, 2.24) is 9.80 Å². The largest absolute Gasteiger partial charge is 0.379 e. The van der Waals surface area contributed by atoms with Crippen LogP contribution in [-0.2, 0) is 9.53 Å². The van der Waals surface area contributed by atoms with E-state index in [1.165, 1.54) is 0 Å². The number of rotatable bonds is 6. The third-order valence-corrected chi connectivity index (χ3v) is 2.47. The Morgan fingerprint density at radius 3 is 2.64 bits per heavy atom. The average molecular weight is 200 g/mol. The molecule has 1 heterocycles. The van der Waals surface area contributed by atoms with Gasteiger partial charge in [-0.15, -0.1) is 0 Å². The zero-order valence-electron chi connectivity index (χ0n) is 8.95. The van der Waals surface area contributed by atoms with E-state index < -0.39 is 0 Å². The van der Waals surface area contributed by atoms with E-state index in [9.17, 15) is 4.79 Å². The molecule has 0 spiro atoms. The van der Waals surface area contributed by atoms with Crippen LogP contribution in [0.1, 0.15) is 13.3 Å². The lowest BCUT2D eigenvalue weighted by atomic mass is 10.4. The van der Waals surface area contributed by atoms with Crippen molar-refractivity contribution in [2.24, 2.45) is 0 Å². The van der Waals surface area contributed by atoms with Crippen molar-refractivity contribution in [1.29, 1.82) is 0 Å². The molecule has 82 valence electrons. The molecule has 4 nitrogen and oxygen atoms in total. The van der Waals surface area contributed by atoms with Gasteiger partial charge in [-0.25, -0.2) is 0 Å². The molecule has 0 aromatic carbocycles. The Kier molecular flexibility index (Phi) is 5.56. The zero-order valence-corrected chi connectivity index (χ0v) is 8.95. The summed E-state index contributed by atoms with van der Waals surface area (Å²) in [5.74, 6) is 0. The van der Waals surface area contributed by atoms with E-state index in [0.717, 1.165) is 58.8 Å². The highest BCUT2D eigenvalue weighted by Crippen LogP contribution is 1.97. The number of amides is 1. The minimum atomic E-state index is 0.828. The van der Waals surface area contributed by atoms with Crippen molar-refractivity contribution in [3.63, 3.8) is 0 Å². The number of hydrogen-bond acceptors (Lipinski definition) is 3. The van der Waals surface area contributed by atoms with Crippen molar-refractivity contribution in [2.45, 2.75) is 13.3 Å². The summed E-state index contributed by atoms with van der Waals surface area (Å²) in [6.07, 6.45) is 1.98. The van der Waals surface area contributed by atoms with Gasteiger partial charge in [0.15, 0.2) is 0 Å². The maximum Gasteiger partial charge on any atom is 0.209 e. The van der Waals surface area contributed by atoms with Crippen molar-refractivity contribution in [2.75, 3.05) is 45.9 Å². The molecule has 0 aromatic heterocycles. The van der Waals surface area contributed by atoms with E-state index in [0.29, 0.717) is 0 Å². The summed E-state index contributed by atoms with van der Waals surface area (Å²) in [5, 5.41) is 0. The van der Waals surface area contributed by atoms with Gasteiger partial charge in [0.1, 0.15) is 0 Å². The Hall–Kier alpha value is -0.610. The second-order valence-corrected chi connectivity index (χ2v) is 3.60. The minimum absolute atomic E-state index is 0.828. The normalized spacial score (nSPS) is 18.1. The maximum absolute atomic E-state index is 10.7. The fraction of sp³-hybridized carbons (Fsp3) is 0.900. The van der Waals surface area contributed by atoms with Gasteiger partial charge in [-0.2, -0.15) is 0 Å². The molecule has 0 atom stereocenters. The summed E-state index contributed by atoms with van der Waals surface area (Å²) in [5.41, 5.74) is 0. The third kappa shape index (κ3) is 4.07. The predicted molar refractivity (Wildman–Crippen MR) is 55.2 cm³/mol. The van der Waals surface area contributed by atoms with Crippen molar-refractivity contribution in [3.05, 3.63) is 0 Å². The summed E-state index contributed by atoms with van der Waals surface area (Å²) in [4.78, 5) is 14.8. The summed E-state index contributed by atoms with van der Waals surface area (Å²) >= 11 is 0. The van der Waals surface area contributed by atoms with Crippen LogP contribution < -0.4 is 0 Å². The van der Waals surface area contributed by atoms with Crippen LogP contribution in [-0.4, -0.2) is 62.1 Å². The number of carbonyl (C=O) groups is 1. The van der Waals surface area contributed by atoms with Crippen LogP contribution in [0, 0.1) is 0 Å². The fourth-order valence-electron chi connectivity index (χ4n) is 1.60. The van der Waals surface area contributed by atoms with Crippen molar-refractivity contribution in [3.8, 4) is 0 Å². The topological polar surface area (TPSA) is 32.8 Å². The molecule has 0 aliphatic carbocycles. The van der Waals surface area contributed by atoms with Gasteiger partial charge in [-0.05, 0) is 6.42 Å². The maximum atomic E-state index is 10.7. The van der Waals surface area contributed by atoms with Gasteiger partial charge in [0, 0.05) is 32.7 Å². The van der Waals surface area contributed by atoms with Gasteiger partial charge in [0.2, 0.25) is 6.41 Å². The van der Waals surface area contributed by atoms with E-state index in [1.807, 2.05) is 4.90 Å². The van der Waals surface area contributed by atoms with Crippen LogP contribution in [0.2, 0.25) is 0 Å². The molecule has 1 aliphatic heterocycles. The lowest BCUT2D eigenvalue weighted by molar-refractivity contribution is -0.118. The summed E-state index contributed by atoms with van der Waals surface area (Å²) < 4.78 is 5.26. The summed E-state index contributed by atoms with van der Waals surface area (Å²) in [6, 6.07) is 0. The highest BCUT2D eigenvalue weighted by atomic mass is 16.5. The first-order chi connectivity index (χ1) is 6.86. The van der Waals surface area contributed by atoms with Gasteiger partial charge in [-0.3, -0.25) is 9.69 Å². The fourth-order valence-corrected chi connectivity index (χ4v) is 1.60. The molecule has 0 N–H and O–H groups in total. The average Bonchev–Trinajstić information content (AvgIpc) is 2.25.